The van der Waals surface area contributed by atoms with E-state index < -0.39 is 0 Å². The van der Waals surface area contributed by atoms with Gasteiger partial charge in [-0.05, 0) is 40.2 Å². The van der Waals surface area contributed by atoms with Crippen molar-refractivity contribution < 1.29 is 4.74 Å². The van der Waals surface area contributed by atoms with Crippen LogP contribution >= 0.6 is 15.9 Å². The molecule has 0 atom stereocenters. The first-order valence-corrected chi connectivity index (χ1v) is 6.37. The number of ether oxygens (including phenoxy) is 1. The van der Waals surface area contributed by atoms with Crippen molar-refractivity contribution in [3.63, 3.8) is 0 Å². The molecule has 18 heavy (non-hydrogen) atoms. The van der Waals surface area contributed by atoms with Crippen molar-refractivity contribution in [1.82, 2.24) is 4.98 Å². The first-order valence-electron chi connectivity index (χ1n) is 5.58. The predicted molar refractivity (Wildman–Crippen MR) is 76.8 cm³/mol. The van der Waals surface area contributed by atoms with E-state index in [2.05, 4.69) is 26.2 Å². The average molecular weight is 308 g/mol. The highest BCUT2D eigenvalue weighted by Crippen LogP contribution is 2.14. The number of nitrogens with two attached hydrogens (primary N) is 1. The summed E-state index contributed by atoms with van der Waals surface area (Å²) in [5, 5.41) is 3.17. The zero-order chi connectivity index (χ0) is 12.8. The van der Waals surface area contributed by atoms with Gasteiger partial charge in [0.2, 0.25) is 0 Å². The average Bonchev–Trinajstić information content (AvgIpc) is 2.37. The molecule has 2 aromatic rings. The fourth-order valence-corrected chi connectivity index (χ4v) is 1.67. The van der Waals surface area contributed by atoms with Gasteiger partial charge in [0.25, 0.3) is 0 Å². The molecule has 0 radical (unpaired) electrons. The van der Waals surface area contributed by atoms with Gasteiger partial charge in [0.1, 0.15) is 18.2 Å². The molecule has 3 N–H and O–H groups in total. The van der Waals surface area contributed by atoms with Crippen LogP contribution in [-0.2, 0) is 0 Å². The predicted octanol–water partition coefficient (Wildman–Crippen LogP) is 2.92. The molecule has 0 aliphatic heterocycles. The van der Waals surface area contributed by atoms with Crippen LogP contribution in [0.15, 0.2) is 47.1 Å². The minimum atomic E-state index is 0.557. The minimum Gasteiger partial charge on any atom is -0.492 e. The Bertz CT molecular complexity index is 502. The van der Waals surface area contributed by atoms with E-state index in [1.54, 1.807) is 12.3 Å². The molecule has 0 fully saturated rings. The van der Waals surface area contributed by atoms with Gasteiger partial charge >= 0.3 is 0 Å². The molecule has 0 bridgehead atoms. The van der Waals surface area contributed by atoms with Gasteiger partial charge in [-0.3, -0.25) is 0 Å². The Morgan fingerprint density at radius 3 is 2.89 bits per heavy atom. The lowest BCUT2D eigenvalue weighted by atomic mass is 10.3. The zero-order valence-corrected chi connectivity index (χ0v) is 11.4. The molecular weight excluding hydrogens is 294 g/mol. The number of benzene rings is 1. The van der Waals surface area contributed by atoms with E-state index in [1.807, 2.05) is 30.3 Å². The Labute approximate surface area is 114 Å². The van der Waals surface area contributed by atoms with Crippen LogP contribution in [0.5, 0.6) is 5.75 Å². The molecule has 0 unspecified atom stereocenters. The summed E-state index contributed by atoms with van der Waals surface area (Å²) in [4.78, 5) is 4.20. The van der Waals surface area contributed by atoms with Gasteiger partial charge in [-0.15, -0.1) is 0 Å². The van der Waals surface area contributed by atoms with Crippen LogP contribution in [0.3, 0.4) is 0 Å². The fourth-order valence-electron chi connectivity index (χ4n) is 1.43. The highest BCUT2D eigenvalue weighted by molar-refractivity contribution is 9.10. The lowest BCUT2D eigenvalue weighted by Gasteiger charge is -2.08. The maximum absolute atomic E-state index is 5.66. The van der Waals surface area contributed by atoms with E-state index in [1.165, 1.54) is 0 Å². The standard InChI is InChI=1S/C13H14BrN3O/c14-10-4-5-13(17-9-10)16-6-7-18-12-3-1-2-11(15)8-12/h1-5,8-9H,6-7,15H2,(H,16,17). The number of hydrogen-bond donors (Lipinski definition) is 2. The summed E-state index contributed by atoms with van der Waals surface area (Å²) in [7, 11) is 0. The Balaban J connectivity index is 1.74. The molecule has 1 heterocycles. The van der Waals surface area contributed by atoms with Crippen molar-refractivity contribution >= 4 is 27.4 Å². The van der Waals surface area contributed by atoms with Crippen LogP contribution in [0.25, 0.3) is 0 Å². The molecule has 4 nitrogen and oxygen atoms in total. The normalized spacial score (nSPS) is 10.1. The third-order valence-electron chi connectivity index (χ3n) is 2.26. The van der Waals surface area contributed by atoms with Crippen molar-refractivity contribution in [2.24, 2.45) is 0 Å². The lowest BCUT2D eigenvalue weighted by Crippen LogP contribution is -2.12. The highest BCUT2D eigenvalue weighted by atomic mass is 79.9. The number of anilines is 2. The third kappa shape index (κ3) is 3.92. The van der Waals surface area contributed by atoms with E-state index in [-0.39, 0.29) is 0 Å². The first-order chi connectivity index (χ1) is 8.74. The van der Waals surface area contributed by atoms with Crippen molar-refractivity contribution in [3.8, 4) is 5.75 Å². The zero-order valence-electron chi connectivity index (χ0n) is 9.77. The van der Waals surface area contributed by atoms with E-state index in [0.29, 0.717) is 18.8 Å². The van der Waals surface area contributed by atoms with Crippen LogP contribution in [0.2, 0.25) is 0 Å². The molecule has 0 amide bonds. The molecule has 0 aliphatic carbocycles. The van der Waals surface area contributed by atoms with Gasteiger partial charge < -0.3 is 15.8 Å². The lowest BCUT2D eigenvalue weighted by molar-refractivity contribution is 0.333. The fraction of sp³-hybridized carbons (Fsp3) is 0.154. The SMILES string of the molecule is Nc1cccc(OCCNc2ccc(Br)cn2)c1. The van der Waals surface area contributed by atoms with Gasteiger partial charge in [-0.2, -0.15) is 0 Å². The molecule has 2 rings (SSSR count). The van der Waals surface area contributed by atoms with Crippen LogP contribution in [0.1, 0.15) is 0 Å². The first kappa shape index (κ1) is 12.7. The maximum Gasteiger partial charge on any atom is 0.126 e. The molecular formula is C13H14BrN3O. The highest BCUT2D eigenvalue weighted by Gasteiger charge is 1.95. The molecule has 0 aliphatic rings. The number of aromatic nitrogens is 1. The smallest absolute Gasteiger partial charge is 0.126 e. The minimum absolute atomic E-state index is 0.557. The van der Waals surface area contributed by atoms with E-state index in [9.17, 15) is 0 Å². The van der Waals surface area contributed by atoms with E-state index >= 15 is 0 Å². The molecule has 0 saturated carbocycles. The Kier molecular flexibility index (Phi) is 4.41. The number of nitrogens with zero attached hydrogens (tertiary/aromatic N) is 1. The van der Waals surface area contributed by atoms with Crippen LogP contribution in [-0.4, -0.2) is 18.1 Å². The van der Waals surface area contributed by atoms with Crippen molar-refractivity contribution in [2.45, 2.75) is 0 Å². The van der Waals surface area contributed by atoms with Gasteiger partial charge in [0, 0.05) is 22.4 Å². The van der Waals surface area contributed by atoms with Crippen LogP contribution < -0.4 is 15.8 Å². The number of hydrogen-bond acceptors (Lipinski definition) is 4. The Hall–Kier alpha value is -1.75. The van der Waals surface area contributed by atoms with Gasteiger partial charge in [0.15, 0.2) is 0 Å². The summed E-state index contributed by atoms with van der Waals surface area (Å²) >= 11 is 3.34. The second-order valence-electron chi connectivity index (χ2n) is 3.71. The number of nitrogens with one attached hydrogen (secondary N) is 1. The molecule has 0 saturated heterocycles. The maximum atomic E-state index is 5.66. The monoisotopic (exact) mass is 307 g/mol. The second-order valence-corrected chi connectivity index (χ2v) is 4.63. The Morgan fingerprint density at radius 1 is 1.28 bits per heavy atom. The van der Waals surface area contributed by atoms with Crippen molar-refractivity contribution in [1.29, 1.82) is 0 Å². The number of nitrogen functional groups attached to an aromatic ring is 1. The summed E-state index contributed by atoms with van der Waals surface area (Å²) in [5.41, 5.74) is 6.36. The molecule has 1 aromatic heterocycles. The number of rotatable bonds is 5. The third-order valence-corrected chi connectivity index (χ3v) is 2.73. The summed E-state index contributed by atoms with van der Waals surface area (Å²) < 4.78 is 6.51. The topological polar surface area (TPSA) is 60.2 Å². The molecule has 0 spiro atoms. The Morgan fingerprint density at radius 2 is 2.17 bits per heavy atom. The van der Waals surface area contributed by atoms with Crippen LogP contribution in [0, 0.1) is 0 Å². The summed E-state index contributed by atoms with van der Waals surface area (Å²) in [5.74, 6) is 1.61. The molecule has 94 valence electrons. The van der Waals surface area contributed by atoms with E-state index in [4.69, 9.17) is 10.5 Å². The van der Waals surface area contributed by atoms with Crippen LogP contribution in [0.4, 0.5) is 11.5 Å². The quantitative estimate of drug-likeness (QED) is 0.658. The summed E-state index contributed by atoms with van der Waals surface area (Å²) in [6, 6.07) is 11.2. The van der Waals surface area contributed by atoms with Gasteiger partial charge in [0.05, 0.1) is 6.54 Å². The van der Waals surface area contributed by atoms with E-state index in [0.717, 1.165) is 16.0 Å². The second kappa shape index (κ2) is 6.26. The summed E-state index contributed by atoms with van der Waals surface area (Å²) in [6.07, 6.45) is 1.75. The molecule has 1 aromatic carbocycles. The number of pyridine rings is 1. The van der Waals surface area contributed by atoms with Crippen molar-refractivity contribution in [3.05, 3.63) is 47.1 Å². The van der Waals surface area contributed by atoms with Crippen molar-refractivity contribution in [2.75, 3.05) is 24.2 Å². The van der Waals surface area contributed by atoms with Gasteiger partial charge in [-0.25, -0.2) is 4.98 Å². The number of halogens is 1. The summed E-state index contributed by atoms with van der Waals surface area (Å²) in [6.45, 7) is 1.24. The van der Waals surface area contributed by atoms with Gasteiger partial charge in [-0.1, -0.05) is 6.07 Å². The molecule has 5 heteroatoms. The largest absolute Gasteiger partial charge is 0.492 e.